The van der Waals surface area contributed by atoms with Gasteiger partial charge in [0, 0.05) is 31.1 Å². The molecule has 1 saturated heterocycles. The van der Waals surface area contributed by atoms with Crippen LogP contribution in [0.3, 0.4) is 0 Å². The molecule has 1 fully saturated rings. The van der Waals surface area contributed by atoms with Crippen LogP contribution < -0.4 is 5.32 Å². The third-order valence-electron chi connectivity index (χ3n) is 3.67. The van der Waals surface area contributed by atoms with Crippen LogP contribution in [0.4, 0.5) is 4.79 Å². The van der Waals surface area contributed by atoms with Crippen molar-refractivity contribution in [1.82, 2.24) is 10.2 Å². The van der Waals surface area contributed by atoms with Crippen LogP contribution in [0.25, 0.3) is 0 Å². The molecule has 20 heavy (non-hydrogen) atoms. The van der Waals surface area contributed by atoms with E-state index in [1.54, 1.807) is 16.7 Å². The summed E-state index contributed by atoms with van der Waals surface area (Å²) >= 11 is 1.71. The average Bonchev–Trinajstić information content (AvgIpc) is 2.53. The van der Waals surface area contributed by atoms with E-state index in [9.17, 15) is 9.90 Å². The molecule has 1 atom stereocenters. The Bertz CT molecular complexity index is 436. The van der Waals surface area contributed by atoms with Crippen LogP contribution in [0.2, 0.25) is 0 Å². The summed E-state index contributed by atoms with van der Waals surface area (Å²) in [6, 6.07) is 8.18. The fourth-order valence-corrected chi connectivity index (χ4v) is 2.84. The van der Waals surface area contributed by atoms with E-state index in [-0.39, 0.29) is 18.6 Å². The van der Waals surface area contributed by atoms with Crippen molar-refractivity contribution in [2.24, 2.45) is 5.92 Å². The molecule has 2 amide bonds. The van der Waals surface area contributed by atoms with Gasteiger partial charge in [0.15, 0.2) is 0 Å². The Labute approximate surface area is 124 Å². The van der Waals surface area contributed by atoms with Crippen LogP contribution in [-0.2, 0) is 6.54 Å². The molecule has 1 aliphatic heterocycles. The molecular weight excluding hydrogens is 272 g/mol. The number of amides is 2. The predicted molar refractivity (Wildman–Crippen MR) is 81.8 cm³/mol. The number of rotatable bonds is 4. The van der Waals surface area contributed by atoms with E-state index in [4.69, 9.17) is 0 Å². The second kappa shape index (κ2) is 7.55. The SMILES string of the molecule is CSc1ccc(CNC(=O)N2CCCC(CO)C2)cc1. The molecule has 5 heteroatoms. The van der Waals surface area contributed by atoms with Crippen molar-refractivity contribution in [3.05, 3.63) is 29.8 Å². The molecule has 0 aromatic heterocycles. The maximum Gasteiger partial charge on any atom is 0.317 e. The number of thioether (sulfide) groups is 1. The summed E-state index contributed by atoms with van der Waals surface area (Å²) in [6.45, 7) is 2.16. The van der Waals surface area contributed by atoms with Crippen molar-refractivity contribution in [2.75, 3.05) is 26.0 Å². The van der Waals surface area contributed by atoms with Gasteiger partial charge in [-0.25, -0.2) is 4.79 Å². The van der Waals surface area contributed by atoms with Gasteiger partial charge in [-0.3, -0.25) is 0 Å². The number of carbonyl (C=O) groups is 1. The van der Waals surface area contributed by atoms with E-state index < -0.39 is 0 Å². The van der Waals surface area contributed by atoms with E-state index in [0.717, 1.165) is 24.9 Å². The molecule has 1 aliphatic rings. The van der Waals surface area contributed by atoms with Gasteiger partial charge in [0.1, 0.15) is 0 Å². The third kappa shape index (κ3) is 4.15. The number of aliphatic hydroxyl groups excluding tert-OH is 1. The molecule has 1 aromatic carbocycles. The number of hydrogen-bond donors (Lipinski definition) is 2. The van der Waals surface area contributed by atoms with E-state index in [1.165, 1.54) is 4.90 Å². The number of likely N-dealkylation sites (tertiary alicyclic amines) is 1. The highest BCUT2D eigenvalue weighted by atomic mass is 32.2. The third-order valence-corrected chi connectivity index (χ3v) is 4.41. The highest BCUT2D eigenvalue weighted by Crippen LogP contribution is 2.16. The maximum absolute atomic E-state index is 12.1. The molecule has 0 bridgehead atoms. The second-order valence-electron chi connectivity index (χ2n) is 5.14. The maximum atomic E-state index is 12.1. The lowest BCUT2D eigenvalue weighted by atomic mass is 9.99. The Hall–Kier alpha value is -1.20. The molecule has 2 rings (SSSR count). The first-order valence-electron chi connectivity index (χ1n) is 6.99. The minimum atomic E-state index is -0.0305. The number of aliphatic hydroxyl groups is 1. The van der Waals surface area contributed by atoms with Gasteiger partial charge in [-0.15, -0.1) is 11.8 Å². The zero-order chi connectivity index (χ0) is 14.4. The Balaban J connectivity index is 1.81. The van der Waals surface area contributed by atoms with Crippen molar-refractivity contribution in [1.29, 1.82) is 0 Å². The number of benzene rings is 1. The second-order valence-corrected chi connectivity index (χ2v) is 6.02. The summed E-state index contributed by atoms with van der Waals surface area (Å²) < 4.78 is 0. The summed E-state index contributed by atoms with van der Waals surface area (Å²) in [5.74, 6) is 0.232. The van der Waals surface area contributed by atoms with Gasteiger partial charge < -0.3 is 15.3 Å². The van der Waals surface area contributed by atoms with E-state index in [2.05, 4.69) is 17.4 Å². The minimum absolute atomic E-state index is 0.0305. The summed E-state index contributed by atoms with van der Waals surface area (Å²) in [4.78, 5) is 15.1. The van der Waals surface area contributed by atoms with E-state index in [1.807, 2.05) is 18.4 Å². The zero-order valence-electron chi connectivity index (χ0n) is 11.8. The van der Waals surface area contributed by atoms with Crippen LogP contribution in [0.5, 0.6) is 0 Å². The van der Waals surface area contributed by atoms with E-state index in [0.29, 0.717) is 13.1 Å². The van der Waals surface area contributed by atoms with Crippen LogP contribution in [0.15, 0.2) is 29.2 Å². The first-order valence-corrected chi connectivity index (χ1v) is 8.22. The highest BCUT2D eigenvalue weighted by molar-refractivity contribution is 7.98. The lowest BCUT2D eigenvalue weighted by Gasteiger charge is -2.31. The highest BCUT2D eigenvalue weighted by Gasteiger charge is 2.22. The first-order chi connectivity index (χ1) is 9.72. The molecular formula is C15H22N2O2S. The molecule has 1 aromatic rings. The van der Waals surface area contributed by atoms with Crippen molar-refractivity contribution in [3.63, 3.8) is 0 Å². The van der Waals surface area contributed by atoms with Gasteiger partial charge in [-0.1, -0.05) is 12.1 Å². The Kier molecular flexibility index (Phi) is 5.73. The molecule has 0 saturated carbocycles. The molecule has 110 valence electrons. The fraction of sp³-hybridized carbons (Fsp3) is 0.533. The zero-order valence-corrected chi connectivity index (χ0v) is 12.7. The Morgan fingerprint density at radius 3 is 2.85 bits per heavy atom. The van der Waals surface area contributed by atoms with Crippen LogP contribution in [-0.4, -0.2) is 42.0 Å². The van der Waals surface area contributed by atoms with Crippen molar-refractivity contribution < 1.29 is 9.90 Å². The number of urea groups is 1. The summed E-state index contributed by atoms with van der Waals surface area (Å²) in [6.07, 6.45) is 4.03. The minimum Gasteiger partial charge on any atom is -0.396 e. The van der Waals surface area contributed by atoms with Crippen LogP contribution in [0.1, 0.15) is 18.4 Å². The Morgan fingerprint density at radius 2 is 2.20 bits per heavy atom. The average molecular weight is 294 g/mol. The number of piperidine rings is 1. The summed E-state index contributed by atoms with van der Waals surface area (Å²) in [5.41, 5.74) is 1.10. The molecule has 4 nitrogen and oxygen atoms in total. The normalized spacial score (nSPS) is 18.9. The van der Waals surface area contributed by atoms with Gasteiger partial charge in [-0.05, 0) is 42.7 Å². The number of carbonyl (C=O) groups excluding carboxylic acids is 1. The molecule has 0 aliphatic carbocycles. The number of nitrogens with one attached hydrogen (secondary N) is 1. The van der Waals surface area contributed by atoms with Gasteiger partial charge in [0.2, 0.25) is 0 Å². The lowest BCUT2D eigenvalue weighted by Crippen LogP contribution is -2.45. The molecule has 0 spiro atoms. The van der Waals surface area contributed by atoms with Crippen molar-refractivity contribution >= 4 is 17.8 Å². The van der Waals surface area contributed by atoms with Crippen LogP contribution >= 0.6 is 11.8 Å². The molecule has 1 heterocycles. The largest absolute Gasteiger partial charge is 0.396 e. The standard InChI is InChI=1S/C15H22N2O2S/c1-20-14-6-4-12(5-7-14)9-16-15(19)17-8-2-3-13(10-17)11-18/h4-7,13,18H,2-3,8-11H2,1H3,(H,16,19). The molecule has 2 N–H and O–H groups in total. The Morgan fingerprint density at radius 1 is 1.45 bits per heavy atom. The fourth-order valence-electron chi connectivity index (χ4n) is 2.43. The van der Waals surface area contributed by atoms with Gasteiger partial charge >= 0.3 is 6.03 Å². The lowest BCUT2D eigenvalue weighted by molar-refractivity contribution is 0.129. The van der Waals surface area contributed by atoms with Crippen molar-refractivity contribution in [2.45, 2.75) is 24.3 Å². The van der Waals surface area contributed by atoms with Gasteiger partial charge in [-0.2, -0.15) is 0 Å². The predicted octanol–water partition coefficient (Wildman–Crippen LogP) is 2.32. The van der Waals surface area contributed by atoms with Crippen molar-refractivity contribution in [3.8, 4) is 0 Å². The topological polar surface area (TPSA) is 52.6 Å². The van der Waals surface area contributed by atoms with Gasteiger partial charge in [0.25, 0.3) is 0 Å². The van der Waals surface area contributed by atoms with Gasteiger partial charge in [0.05, 0.1) is 0 Å². The van der Waals surface area contributed by atoms with Crippen LogP contribution in [0, 0.1) is 5.92 Å². The summed E-state index contributed by atoms with van der Waals surface area (Å²) in [7, 11) is 0. The quantitative estimate of drug-likeness (QED) is 0.838. The number of hydrogen-bond acceptors (Lipinski definition) is 3. The molecule has 1 unspecified atom stereocenters. The smallest absolute Gasteiger partial charge is 0.317 e. The monoisotopic (exact) mass is 294 g/mol. The van der Waals surface area contributed by atoms with E-state index >= 15 is 0 Å². The number of nitrogens with zero attached hydrogens (tertiary/aromatic N) is 1. The molecule has 0 radical (unpaired) electrons. The summed E-state index contributed by atoms with van der Waals surface area (Å²) in [5, 5.41) is 12.1. The first kappa shape index (κ1) is 15.2.